The first kappa shape index (κ1) is 18.0. The summed E-state index contributed by atoms with van der Waals surface area (Å²) in [5.74, 6) is 0.0607. The number of anilines is 1. The van der Waals surface area contributed by atoms with Crippen LogP contribution in [0.15, 0.2) is 24.3 Å². The van der Waals surface area contributed by atoms with Gasteiger partial charge >= 0.3 is 6.03 Å². The third-order valence-corrected chi connectivity index (χ3v) is 3.38. The highest BCUT2D eigenvalue weighted by atomic mass is 16.2. The molecule has 0 bridgehead atoms. The van der Waals surface area contributed by atoms with Crippen LogP contribution < -0.4 is 10.6 Å². The summed E-state index contributed by atoms with van der Waals surface area (Å²) in [4.78, 5) is 24.9. The zero-order valence-corrected chi connectivity index (χ0v) is 13.8. The van der Waals surface area contributed by atoms with Crippen molar-refractivity contribution in [1.29, 1.82) is 0 Å². The second kappa shape index (κ2) is 9.82. The van der Waals surface area contributed by atoms with E-state index in [2.05, 4.69) is 17.6 Å². The van der Waals surface area contributed by atoms with Gasteiger partial charge in [0.05, 0.1) is 6.42 Å². The Balaban J connectivity index is 2.34. The molecule has 2 N–H and O–H groups in total. The maximum atomic E-state index is 11.7. The molecule has 0 heterocycles. The Morgan fingerprint density at radius 2 is 1.73 bits per heavy atom. The third kappa shape index (κ3) is 7.11. The van der Waals surface area contributed by atoms with Gasteiger partial charge in [0.2, 0.25) is 5.91 Å². The third-order valence-electron chi connectivity index (χ3n) is 3.38. The van der Waals surface area contributed by atoms with E-state index in [9.17, 15) is 9.59 Å². The molecule has 0 spiro atoms. The lowest BCUT2D eigenvalue weighted by Gasteiger charge is -2.11. The van der Waals surface area contributed by atoms with Gasteiger partial charge in [-0.3, -0.25) is 4.79 Å². The molecular formula is C17H27N3O2. The molecule has 1 aromatic carbocycles. The molecule has 0 aliphatic carbocycles. The van der Waals surface area contributed by atoms with Gasteiger partial charge in [-0.25, -0.2) is 4.79 Å². The topological polar surface area (TPSA) is 61.4 Å². The molecule has 5 heteroatoms. The Bertz CT molecular complexity index is 469. The Morgan fingerprint density at radius 1 is 1.05 bits per heavy atom. The van der Waals surface area contributed by atoms with Crippen molar-refractivity contribution in [1.82, 2.24) is 10.2 Å². The van der Waals surface area contributed by atoms with E-state index >= 15 is 0 Å². The molecule has 0 saturated carbocycles. The van der Waals surface area contributed by atoms with Crippen molar-refractivity contribution in [2.75, 3.05) is 26.0 Å². The predicted molar refractivity (Wildman–Crippen MR) is 90.0 cm³/mol. The van der Waals surface area contributed by atoms with Crippen molar-refractivity contribution in [3.63, 3.8) is 0 Å². The summed E-state index contributed by atoms with van der Waals surface area (Å²) in [7, 11) is 3.48. The molecule has 1 rings (SSSR count). The highest BCUT2D eigenvalue weighted by Gasteiger charge is 2.06. The summed E-state index contributed by atoms with van der Waals surface area (Å²) >= 11 is 0. The van der Waals surface area contributed by atoms with E-state index < -0.39 is 0 Å². The lowest BCUT2D eigenvalue weighted by Crippen LogP contribution is -2.29. The summed E-state index contributed by atoms with van der Waals surface area (Å²) in [6.45, 7) is 2.86. The number of hydrogen-bond donors (Lipinski definition) is 2. The molecule has 1 aromatic rings. The van der Waals surface area contributed by atoms with Crippen molar-refractivity contribution >= 4 is 17.6 Å². The first-order valence-electron chi connectivity index (χ1n) is 7.87. The van der Waals surface area contributed by atoms with Gasteiger partial charge < -0.3 is 15.5 Å². The summed E-state index contributed by atoms with van der Waals surface area (Å²) in [6.07, 6.45) is 4.92. The Kier molecular flexibility index (Phi) is 8.04. The number of nitrogens with zero attached hydrogens (tertiary/aromatic N) is 1. The van der Waals surface area contributed by atoms with E-state index in [0.29, 0.717) is 13.0 Å². The number of urea groups is 1. The first-order chi connectivity index (χ1) is 10.5. The van der Waals surface area contributed by atoms with Crippen LogP contribution in [0.2, 0.25) is 0 Å². The molecule has 0 unspecified atom stereocenters. The van der Waals surface area contributed by atoms with Crippen molar-refractivity contribution in [2.24, 2.45) is 0 Å². The zero-order valence-electron chi connectivity index (χ0n) is 13.8. The van der Waals surface area contributed by atoms with Crippen LogP contribution in [0.5, 0.6) is 0 Å². The number of hydrogen-bond acceptors (Lipinski definition) is 2. The summed E-state index contributed by atoms with van der Waals surface area (Å²) in [5.41, 5.74) is 1.66. The van der Waals surface area contributed by atoms with Crippen LogP contribution in [0.3, 0.4) is 0 Å². The average Bonchev–Trinajstić information content (AvgIpc) is 2.49. The molecule has 0 saturated heterocycles. The van der Waals surface area contributed by atoms with E-state index in [1.54, 1.807) is 19.0 Å². The number of nitrogens with one attached hydrogen (secondary N) is 2. The largest absolute Gasteiger partial charge is 0.349 e. The number of unbranched alkanes of at least 4 members (excludes halogenated alkanes) is 3. The molecule has 0 aliphatic rings. The minimum atomic E-state index is -0.186. The van der Waals surface area contributed by atoms with E-state index in [1.165, 1.54) is 12.8 Å². The summed E-state index contributed by atoms with van der Waals surface area (Å²) < 4.78 is 0. The molecule has 0 radical (unpaired) electrons. The molecule has 0 aromatic heterocycles. The van der Waals surface area contributed by atoms with Crippen molar-refractivity contribution in [3.8, 4) is 0 Å². The van der Waals surface area contributed by atoms with Crippen LogP contribution in [0.1, 0.15) is 38.2 Å². The highest BCUT2D eigenvalue weighted by molar-refractivity contribution is 5.89. The fourth-order valence-electron chi connectivity index (χ4n) is 1.97. The lowest BCUT2D eigenvalue weighted by atomic mass is 10.1. The smallest absolute Gasteiger partial charge is 0.319 e. The van der Waals surface area contributed by atoms with Gasteiger partial charge in [0.25, 0.3) is 0 Å². The van der Waals surface area contributed by atoms with E-state index in [-0.39, 0.29) is 11.9 Å². The molecule has 0 atom stereocenters. The maximum absolute atomic E-state index is 11.7. The second-order valence-corrected chi connectivity index (χ2v) is 5.60. The summed E-state index contributed by atoms with van der Waals surface area (Å²) in [6, 6.07) is 7.16. The SMILES string of the molecule is CCCCCCNC(=O)Nc1ccc(CC(=O)N(C)C)cc1. The van der Waals surface area contributed by atoms with Crippen molar-refractivity contribution < 1.29 is 9.59 Å². The number of likely N-dealkylation sites (N-methyl/N-ethyl adjacent to an activating group) is 1. The number of amides is 3. The minimum absolute atomic E-state index is 0.0607. The van der Waals surface area contributed by atoms with Crippen molar-refractivity contribution in [2.45, 2.75) is 39.0 Å². The fraction of sp³-hybridized carbons (Fsp3) is 0.529. The highest BCUT2D eigenvalue weighted by Crippen LogP contribution is 2.10. The molecule has 0 aliphatic heterocycles. The Hall–Kier alpha value is -2.04. The van der Waals surface area contributed by atoms with Crippen LogP contribution in [0, 0.1) is 0 Å². The molecule has 122 valence electrons. The van der Waals surface area contributed by atoms with Crippen LogP contribution in [0.4, 0.5) is 10.5 Å². The molecule has 5 nitrogen and oxygen atoms in total. The second-order valence-electron chi connectivity index (χ2n) is 5.60. The normalized spacial score (nSPS) is 10.1. The van der Waals surface area contributed by atoms with Gasteiger partial charge in [-0.05, 0) is 24.1 Å². The minimum Gasteiger partial charge on any atom is -0.349 e. The van der Waals surface area contributed by atoms with Crippen LogP contribution in [0.25, 0.3) is 0 Å². The predicted octanol–water partition coefficient (Wildman–Crippen LogP) is 3.02. The maximum Gasteiger partial charge on any atom is 0.319 e. The van der Waals surface area contributed by atoms with Gasteiger partial charge in [0.15, 0.2) is 0 Å². The number of benzene rings is 1. The molecule has 22 heavy (non-hydrogen) atoms. The fourth-order valence-corrected chi connectivity index (χ4v) is 1.97. The van der Waals surface area contributed by atoms with Gasteiger partial charge in [-0.15, -0.1) is 0 Å². The van der Waals surface area contributed by atoms with Gasteiger partial charge in [-0.2, -0.15) is 0 Å². The molecule has 3 amide bonds. The van der Waals surface area contributed by atoms with Gasteiger partial charge in [0.1, 0.15) is 0 Å². The van der Waals surface area contributed by atoms with E-state index in [0.717, 1.165) is 24.1 Å². The first-order valence-corrected chi connectivity index (χ1v) is 7.87. The van der Waals surface area contributed by atoms with Crippen LogP contribution in [-0.2, 0) is 11.2 Å². The number of carbonyl (C=O) groups is 2. The summed E-state index contributed by atoms with van der Waals surface area (Å²) in [5, 5.41) is 5.63. The Morgan fingerprint density at radius 3 is 2.32 bits per heavy atom. The van der Waals surface area contributed by atoms with Gasteiger partial charge in [-0.1, -0.05) is 38.3 Å². The monoisotopic (exact) mass is 305 g/mol. The standard InChI is InChI=1S/C17H27N3O2/c1-4-5-6-7-12-18-17(22)19-15-10-8-14(9-11-15)13-16(21)20(2)3/h8-11H,4-7,12-13H2,1-3H3,(H2,18,19,22). The average molecular weight is 305 g/mol. The van der Waals surface area contributed by atoms with E-state index in [1.807, 2.05) is 24.3 Å². The molecule has 0 fully saturated rings. The van der Waals surface area contributed by atoms with E-state index in [4.69, 9.17) is 0 Å². The zero-order chi connectivity index (χ0) is 16.4. The number of rotatable bonds is 8. The van der Waals surface area contributed by atoms with Gasteiger partial charge in [0, 0.05) is 26.3 Å². The molecular weight excluding hydrogens is 278 g/mol. The lowest BCUT2D eigenvalue weighted by molar-refractivity contribution is -0.127. The quantitative estimate of drug-likeness (QED) is 0.725. The van der Waals surface area contributed by atoms with Crippen LogP contribution in [-0.4, -0.2) is 37.5 Å². The van der Waals surface area contributed by atoms with Crippen molar-refractivity contribution in [3.05, 3.63) is 29.8 Å². The van der Waals surface area contributed by atoms with Crippen LogP contribution >= 0.6 is 0 Å². The number of carbonyl (C=O) groups excluding carboxylic acids is 2. The Labute approximate surface area is 133 Å².